The minimum absolute atomic E-state index is 0.0452. The van der Waals surface area contributed by atoms with Gasteiger partial charge in [-0.15, -0.1) is 0 Å². The zero-order valence-electron chi connectivity index (χ0n) is 19.3. The highest BCUT2D eigenvalue weighted by molar-refractivity contribution is 7.89. The molecule has 0 bridgehead atoms. The highest BCUT2D eigenvalue weighted by Gasteiger charge is 2.31. The summed E-state index contributed by atoms with van der Waals surface area (Å²) in [6, 6.07) is 17.3. The number of rotatable bonds is 7. The second-order valence-electron chi connectivity index (χ2n) is 7.83. The van der Waals surface area contributed by atoms with E-state index in [1.807, 2.05) is 6.92 Å². The molecule has 0 amide bonds. The first-order valence-electron chi connectivity index (χ1n) is 10.8. The van der Waals surface area contributed by atoms with Crippen LogP contribution in [0.15, 0.2) is 76.4 Å². The smallest absolute Gasteiger partial charge is 0.266 e. The number of hydrogen-bond donors (Lipinski definition) is 0. The molecule has 3 aromatic carbocycles. The van der Waals surface area contributed by atoms with Crippen LogP contribution in [0.25, 0.3) is 16.6 Å². The molecule has 0 fully saturated rings. The van der Waals surface area contributed by atoms with Gasteiger partial charge in [-0.2, -0.15) is 4.31 Å². The Bertz CT molecular complexity index is 1550. The topological polar surface area (TPSA) is 81.5 Å². The first-order valence-corrected chi connectivity index (χ1v) is 13.0. The highest BCUT2D eigenvalue weighted by Crippen LogP contribution is 2.32. The van der Waals surface area contributed by atoms with Gasteiger partial charge in [0.25, 0.3) is 5.56 Å². The van der Waals surface area contributed by atoms with Crippen molar-refractivity contribution < 1.29 is 13.2 Å². The van der Waals surface area contributed by atoms with Crippen molar-refractivity contribution in [1.82, 2.24) is 13.9 Å². The van der Waals surface area contributed by atoms with E-state index in [4.69, 9.17) is 32.9 Å². The number of aromatic nitrogens is 2. The van der Waals surface area contributed by atoms with E-state index >= 15 is 0 Å². The molecule has 4 rings (SSSR count). The van der Waals surface area contributed by atoms with Crippen molar-refractivity contribution in [3.8, 4) is 11.4 Å². The van der Waals surface area contributed by atoms with E-state index in [1.54, 1.807) is 55.5 Å². The first-order chi connectivity index (χ1) is 16.6. The maximum Gasteiger partial charge on any atom is 0.266 e. The Labute approximate surface area is 213 Å². The summed E-state index contributed by atoms with van der Waals surface area (Å²) in [5.74, 6) is 0.907. The Morgan fingerprint density at radius 3 is 2.43 bits per heavy atom. The molecule has 4 aromatic rings. The monoisotopic (exact) mass is 531 g/mol. The summed E-state index contributed by atoms with van der Waals surface area (Å²) in [5.41, 5.74) is 0.687. The zero-order valence-corrected chi connectivity index (χ0v) is 21.6. The van der Waals surface area contributed by atoms with Crippen LogP contribution in [0.1, 0.15) is 25.7 Å². The number of para-hydroxylation sites is 1. The molecule has 1 heterocycles. The van der Waals surface area contributed by atoms with Crippen molar-refractivity contribution in [2.45, 2.75) is 24.8 Å². The van der Waals surface area contributed by atoms with Gasteiger partial charge in [-0.3, -0.25) is 9.36 Å². The third-order valence-electron chi connectivity index (χ3n) is 5.68. The molecule has 0 spiro atoms. The average molecular weight is 532 g/mol. The van der Waals surface area contributed by atoms with E-state index in [0.29, 0.717) is 28.9 Å². The molecule has 1 unspecified atom stereocenters. The van der Waals surface area contributed by atoms with Gasteiger partial charge in [0.2, 0.25) is 10.0 Å². The second kappa shape index (κ2) is 9.99. The van der Waals surface area contributed by atoms with E-state index in [-0.39, 0.29) is 26.3 Å². The highest BCUT2D eigenvalue weighted by atomic mass is 35.5. The Balaban J connectivity index is 1.89. The largest absolute Gasteiger partial charge is 0.494 e. The molecule has 0 aliphatic rings. The normalized spacial score (nSPS) is 12.7. The lowest BCUT2D eigenvalue weighted by Gasteiger charge is -2.27. The van der Waals surface area contributed by atoms with Crippen molar-refractivity contribution in [3.05, 3.63) is 93.0 Å². The Morgan fingerprint density at radius 1 is 1.06 bits per heavy atom. The number of ether oxygens (including phenoxy) is 1. The molecular weight excluding hydrogens is 509 g/mol. The van der Waals surface area contributed by atoms with Gasteiger partial charge >= 0.3 is 0 Å². The van der Waals surface area contributed by atoms with Gasteiger partial charge in [-0.1, -0.05) is 35.3 Å². The molecule has 0 saturated heterocycles. The minimum Gasteiger partial charge on any atom is -0.494 e. The lowest BCUT2D eigenvalue weighted by Crippen LogP contribution is -2.35. The SMILES string of the molecule is CCOc1ccc(-n2c(C(C)N(C)S(=O)(=O)c3cc(Cl)ccc3Cl)nc3ccccc3c2=O)cc1. The molecule has 0 aliphatic carbocycles. The summed E-state index contributed by atoms with van der Waals surface area (Å²) in [5, 5.41) is 0.703. The van der Waals surface area contributed by atoms with Crippen LogP contribution in [0.2, 0.25) is 10.0 Å². The van der Waals surface area contributed by atoms with E-state index < -0.39 is 16.1 Å². The van der Waals surface area contributed by atoms with Crippen LogP contribution in [-0.4, -0.2) is 35.9 Å². The van der Waals surface area contributed by atoms with Gasteiger partial charge in [-0.25, -0.2) is 13.4 Å². The number of nitrogens with zero attached hydrogens (tertiary/aromatic N) is 3. The van der Waals surface area contributed by atoms with Crippen molar-refractivity contribution in [3.63, 3.8) is 0 Å². The molecule has 7 nitrogen and oxygen atoms in total. The second-order valence-corrected chi connectivity index (χ2v) is 10.6. The van der Waals surface area contributed by atoms with Gasteiger partial charge in [-0.05, 0) is 68.4 Å². The summed E-state index contributed by atoms with van der Waals surface area (Å²) in [6.45, 7) is 4.05. The van der Waals surface area contributed by atoms with Crippen LogP contribution in [0, 0.1) is 0 Å². The van der Waals surface area contributed by atoms with Crippen LogP contribution < -0.4 is 10.3 Å². The fourth-order valence-corrected chi connectivity index (χ4v) is 5.80. The fourth-order valence-electron chi connectivity index (χ4n) is 3.74. The summed E-state index contributed by atoms with van der Waals surface area (Å²) in [7, 11) is -2.66. The van der Waals surface area contributed by atoms with Gasteiger partial charge in [0.1, 0.15) is 16.5 Å². The molecular formula is C25H23Cl2N3O4S. The van der Waals surface area contributed by atoms with Crippen molar-refractivity contribution in [1.29, 1.82) is 0 Å². The predicted molar refractivity (Wildman–Crippen MR) is 138 cm³/mol. The average Bonchev–Trinajstić information content (AvgIpc) is 2.85. The summed E-state index contributed by atoms with van der Waals surface area (Å²) >= 11 is 12.2. The molecule has 0 N–H and O–H groups in total. The lowest BCUT2D eigenvalue weighted by atomic mass is 10.2. The predicted octanol–water partition coefficient (Wildman–Crippen LogP) is 5.47. The Morgan fingerprint density at radius 2 is 1.74 bits per heavy atom. The van der Waals surface area contributed by atoms with Gasteiger partial charge in [0.15, 0.2) is 0 Å². The molecule has 35 heavy (non-hydrogen) atoms. The van der Waals surface area contributed by atoms with Crippen LogP contribution in [0.4, 0.5) is 0 Å². The van der Waals surface area contributed by atoms with Gasteiger partial charge in [0, 0.05) is 12.1 Å². The summed E-state index contributed by atoms with van der Waals surface area (Å²) in [4.78, 5) is 18.2. The number of halogens is 2. The molecule has 0 aliphatic heterocycles. The Kier molecular flexibility index (Phi) is 7.19. The van der Waals surface area contributed by atoms with E-state index in [1.165, 1.54) is 29.8 Å². The number of benzene rings is 3. The van der Waals surface area contributed by atoms with Crippen molar-refractivity contribution in [2.24, 2.45) is 0 Å². The number of fused-ring (bicyclic) bond motifs is 1. The maximum absolute atomic E-state index is 13.6. The lowest BCUT2D eigenvalue weighted by molar-refractivity contribution is 0.340. The van der Waals surface area contributed by atoms with E-state index in [2.05, 4.69) is 0 Å². The zero-order chi connectivity index (χ0) is 25.3. The molecule has 0 saturated carbocycles. The maximum atomic E-state index is 13.6. The van der Waals surface area contributed by atoms with E-state index in [0.717, 1.165) is 4.31 Å². The van der Waals surface area contributed by atoms with Gasteiger partial charge in [0.05, 0.1) is 34.3 Å². The van der Waals surface area contributed by atoms with Crippen LogP contribution in [-0.2, 0) is 10.0 Å². The number of sulfonamides is 1. The first kappa shape index (κ1) is 25.2. The molecule has 1 atom stereocenters. The minimum atomic E-state index is -4.08. The Hall–Kier alpha value is -2.91. The van der Waals surface area contributed by atoms with E-state index in [9.17, 15) is 13.2 Å². The molecule has 182 valence electrons. The summed E-state index contributed by atoms with van der Waals surface area (Å²) < 4.78 is 35.0. The van der Waals surface area contributed by atoms with Crippen LogP contribution >= 0.6 is 23.2 Å². The molecule has 0 radical (unpaired) electrons. The quantitative estimate of drug-likeness (QED) is 0.315. The fraction of sp³-hybridized carbons (Fsp3) is 0.200. The van der Waals surface area contributed by atoms with Crippen molar-refractivity contribution >= 4 is 44.1 Å². The third kappa shape index (κ3) is 4.79. The summed E-state index contributed by atoms with van der Waals surface area (Å²) in [6.07, 6.45) is 0. The third-order valence-corrected chi connectivity index (χ3v) is 8.32. The standard InChI is InChI=1S/C25H23Cl2N3O4S/c1-4-34-19-12-10-18(11-13-19)30-24(28-22-8-6-5-7-20(22)25(30)31)16(2)29(3)35(32,33)23-15-17(26)9-14-21(23)27/h5-16H,4H2,1-3H3. The van der Waals surface area contributed by atoms with Gasteiger partial charge < -0.3 is 4.74 Å². The molecule has 10 heteroatoms. The van der Waals surface area contributed by atoms with Crippen LogP contribution in [0.3, 0.4) is 0 Å². The number of hydrogen-bond acceptors (Lipinski definition) is 5. The van der Waals surface area contributed by atoms with Crippen molar-refractivity contribution in [2.75, 3.05) is 13.7 Å². The molecule has 1 aromatic heterocycles. The van der Waals surface area contributed by atoms with Crippen LogP contribution in [0.5, 0.6) is 5.75 Å².